The van der Waals surface area contributed by atoms with Crippen LogP contribution in [0.1, 0.15) is 36.2 Å². The fraction of sp³-hybridized carbons (Fsp3) is 0.276. The standard InChI is InChI=1S/C29H32N4O5S/c1-20(2)33-19-23(18-27(33)34)29(36)32-24-10-8-22(9-11-24)28(35)31-25-12-14-26(15-13-25)39(37,38)30-17-16-21-6-4-3-5-7-21/h3-15,20,23,30H,16-19H2,1-2H3,(H,31,35)(H,32,36). The van der Waals surface area contributed by atoms with Crippen LogP contribution in [-0.4, -0.2) is 50.2 Å². The zero-order valence-electron chi connectivity index (χ0n) is 21.9. The normalized spacial score (nSPS) is 15.4. The lowest BCUT2D eigenvalue weighted by molar-refractivity contribution is -0.129. The average molecular weight is 549 g/mol. The van der Waals surface area contributed by atoms with E-state index in [1.54, 1.807) is 29.2 Å². The molecule has 9 nitrogen and oxygen atoms in total. The van der Waals surface area contributed by atoms with Crippen LogP contribution in [0, 0.1) is 5.92 Å². The Hall–Kier alpha value is -4.02. The molecule has 0 spiro atoms. The Labute approximate surface area is 228 Å². The van der Waals surface area contributed by atoms with Crippen LogP contribution in [0.25, 0.3) is 0 Å². The van der Waals surface area contributed by atoms with Gasteiger partial charge in [0.25, 0.3) is 5.91 Å². The SMILES string of the molecule is CC(C)N1CC(C(=O)Nc2ccc(C(=O)Nc3ccc(S(=O)(=O)NCCc4ccccc4)cc3)cc2)CC1=O. The summed E-state index contributed by atoms with van der Waals surface area (Å²) in [5, 5.41) is 5.55. The number of hydrogen-bond donors (Lipinski definition) is 3. The fourth-order valence-corrected chi connectivity index (χ4v) is 5.37. The van der Waals surface area contributed by atoms with Crippen LogP contribution in [0.3, 0.4) is 0 Å². The number of carbonyl (C=O) groups is 3. The topological polar surface area (TPSA) is 125 Å². The first-order valence-electron chi connectivity index (χ1n) is 12.8. The first kappa shape index (κ1) is 28.0. The second-order valence-corrected chi connectivity index (χ2v) is 11.5. The van der Waals surface area contributed by atoms with Crippen molar-refractivity contribution in [2.24, 2.45) is 5.92 Å². The molecule has 39 heavy (non-hydrogen) atoms. The van der Waals surface area contributed by atoms with E-state index in [0.29, 0.717) is 29.9 Å². The first-order valence-corrected chi connectivity index (χ1v) is 14.3. The summed E-state index contributed by atoms with van der Waals surface area (Å²) < 4.78 is 27.8. The van der Waals surface area contributed by atoms with E-state index in [1.165, 1.54) is 24.3 Å². The number of anilines is 2. The second-order valence-electron chi connectivity index (χ2n) is 9.72. The van der Waals surface area contributed by atoms with E-state index in [2.05, 4.69) is 15.4 Å². The van der Waals surface area contributed by atoms with Crippen LogP contribution in [0.15, 0.2) is 83.8 Å². The Morgan fingerprint density at radius 2 is 1.51 bits per heavy atom. The molecule has 3 aromatic carbocycles. The van der Waals surface area contributed by atoms with Gasteiger partial charge in [0.2, 0.25) is 21.8 Å². The van der Waals surface area contributed by atoms with Gasteiger partial charge in [-0.05, 0) is 74.4 Å². The van der Waals surface area contributed by atoms with Crippen LogP contribution in [0.5, 0.6) is 0 Å². The maximum absolute atomic E-state index is 12.7. The molecular formula is C29H32N4O5S. The fourth-order valence-electron chi connectivity index (χ4n) is 4.33. The summed E-state index contributed by atoms with van der Waals surface area (Å²) in [4.78, 5) is 39.2. The predicted octanol–water partition coefficient (Wildman–Crippen LogP) is 3.66. The molecule has 0 saturated carbocycles. The van der Waals surface area contributed by atoms with Gasteiger partial charge in [-0.3, -0.25) is 14.4 Å². The molecular weight excluding hydrogens is 516 g/mol. The summed E-state index contributed by atoms with van der Waals surface area (Å²) in [7, 11) is -3.68. The van der Waals surface area contributed by atoms with Gasteiger partial charge in [0.05, 0.1) is 10.8 Å². The second kappa shape index (κ2) is 12.2. The minimum atomic E-state index is -3.68. The zero-order chi connectivity index (χ0) is 28.0. The summed E-state index contributed by atoms with van der Waals surface area (Å²) in [6.45, 7) is 4.51. The number of carbonyl (C=O) groups excluding carboxylic acids is 3. The van der Waals surface area contributed by atoms with E-state index in [9.17, 15) is 22.8 Å². The Morgan fingerprint density at radius 1 is 0.897 bits per heavy atom. The number of amides is 3. The molecule has 1 saturated heterocycles. The lowest BCUT2D eigenvalue weighted by atomic mass is 10.1. The van der Waals surface area contributed by atoms with Gasteiger partial charge in [0.15, 0.2) is 0 Å². The molecule has 4 rings (SSSR count). The quantitative estimate of drug-likeness (QED) is 0.357. The van der Waals surface area contributed by atoms with Crippen molar-refractivity contribution in [1.82, 2.24) is 9.62 Å². The molecule has 0 radical (unpaired) electrons. The van der Waals surface area contributed by atoms with E-state index in [-0.39, 0.29) is 41.6 Å². The summed E-state index contributed by atoms with van der Waals surface area (Å²) in [5.74, 6) is -1.04. The largest absolute Gasteiger partial charge is 0.339 e. The molecule has 1 heterocycles. The van der Waals surface area contributed by atoms with Crippen LogP contribution in [0.4, 0.5) is 11.4 Å². The highest BCUT2D eigenvalue weighted by Gasteiger charge is 2.35. The first-order chi connectivity index (χ1) is 18.6. The lowest BCUT2D eigenvalue weighted by Crippen LogP contribution is -2.33. The molecule has 1 aliphatic rings. The number of benzene rings is 3. The van der Waals surface area contributed by atoms with Gasteiger partial charge in [0, 0.05) is 42.5 Å². The summed E-state index contributed by atoms with van der Waals surface area (Å²) in [5.41, 5.74) is 2.38. The molecule has 0 bridgehead atoms. The summed E-state index contributed by atoms with van der Waals surface area (Å²) in [6.07, 6.45) is 0.766. The highest BCUT2D eigenvalue weighted by Crippen LogP contribution is 2.22. The maximum atomic E-state index is 12.7. The molecule has 3 aromatic rings. The van der Waals surface area contributed by atoms with E-state index in [0.717, 1.165) is 5.56 Å². The minimum absolute atomic E-state index is 0.0258. The molecule has 10 heteroatoms. The average Bonchev–Trinajstić information content (AvgIpc) is 3.32. The molecule has 1 unspecified atom stereocenters. The third kappa shape index (κ3) is 7.30. The van der Waals surface area contributed by atoms with Crippen molar-refractivity contribution in [3.63, 3.8) is 0 Å². The van der Waals surface area contributed by atoms with Crippen molar-refractivity contribution in [2.75, 3.05) is 23.7 Å². The van der Waals surface area contributed by atoms with E-state index >= 15 is 0 Å². The van der Waals surface area contributed by atoms with Gasteiger partial charge in [0.1, 0.15) is 0 Å². The smallest absolute Gasteiger partial charge is 0.255 e. The van der Waals surface area contributed by atoms with Crippen LogP contribution >= 0.6 is 0 Å². The number of hydrogen-bond acceptors (Lipinski definition) is 5. The number of nitrogens with one attached hydrogen (secondary N) is 3. The van der Waals surface area contributed by atoms with Gasteiger partial charge >= 0.3 is 0 Å². The summed E-state index contributed by atoms with van der Waals surface area (Å²) >= 11 is 0. The van der Waals surface area contributed by atoms with Crippen LogP contribution in [0.2, 0.25) is 0 Å². The molecule has 204 valence electrons. The molecule has 1 aliphatic heterocycles. The molecule has 0 aliphatic carbocycles. The van der Waals surface area contributed by atoms with Gasteiger partial charge in [-0.15, -0.1) is 0 Å². The zero-order valence-corrected chi connectivity index (χ0v) is 22.7. The molecule has 1 atom stereocenters. The van der Waals surface area contributed by atoms with Gasteiger partial charge in [-0.25, -0.2) is 13.1 Å². The van der Waals surface area contributed by atoms with Crippen molar-refractivity contribution in [2.45, 2.75) is 37.6 Å². The van der Waals surface area contributed by atoms with Gasteiger partial charge in [-0.1, -0.05) is 30.3 Å². The van der Waals surface area contributed by atoms with E-state index < -0.39 is 15.9 Å². The molecule has 0 aromatic heterocycles. The Bertz CT molecular complexity index is 1420. The monoisotopic (exact) mass is 548 g/mol. The van der Waals surface area contributed by atoms with Crippen LogP contribution < -0.4 is 15.4 Å². The van der Waals surface area contributed by atoms with Crippen molar-refractivity contribution in [1.29, 1.82) is 0 Å². The molecule has 3 amide bonds. The third-order valence-corrected chi connectivity index (χ3v) is 8.02. The Morgan fingerprint density at radius 3 is 2.13 bits per heavy atom. The van der Waals surface area contributed by atoms with E-state index in [1.807, 2.05) is 44.2 Å². The molecule has 1 fully saturated rings. The highest BCUT2D eigenvalue weighted by molar-refractivity contribution is 7.89. The molecule has 3 N–H and O–H groups in total. The van der Waals surface area contributed by atoms with Crippen LogP contribution in [-0.2, 0) is 26.0 Å². The Kier molecular flexibility index (Phi) is 8.78. The van der Waals surface area contributed by atoms with Crippen molar-refractivity contribution >= 4 is 39.1 Å². The van der Waals surface area contributed by atoms with E-state index in [4.69, 9.17) is 0 Å². The van der Waals surface area contributed by atoms with Gasteiger partial charge in [-0.2, -0.15) is 0 Å². The maximum Gasteiger partial charge on any atom is 0.255 e. The highest BCUT2D eigenvalue weighted by atomic mass is 32.2. The number of rotatable bonds is 10. The minimum Gasteiger partial charge on any atom is -0.339 e. The number of nitrogens with zero attached hydrogens (tertiary/aromatic N) is 1. The predicted molar refractivity (Wildman–Crippen MR) is 150 cm³/mol. The Balaban J connectivity index is 1.28. The lowest BCUT2D eigenvalue weighted by Gasteiger charge is -2.20. The van der Waals surface area contributed by atoms with Crippen molar-refractivity contribution in [3.8, 4) is 0 Å². The number of likely N-dealkylation sites (tertiary alicyclic amines) is 1. The van der Waals surface area contributed by atoms with Crippen molar-refractivity contribution < 1.29 is 22.8 Å². The van der Waals surface area contributed by atoms with Gasteiger partial charge < -0.3 is 15.5 Å². The van der Waals surface area contributed by atoms with Crippen molar-refractivity contribution in [3.05, 3.63) is 90.0 Å². The number of sulfonamides is 1. The third-order valence-electron chi connectivity index (χ3n) is 6.54. The summed E-state index contributed by atoms with van der Waals surface area (Å²) in [6, 6.07) is 22.0.